The fourth-order valence-corrected chi connectivity index (χ4v) is 5.22. The van der Waals surface area contributed by atoms with Crippen LogP contribution in [0.2, 0.25) is 0 Å². The second kappa shape index (κ2) is 13.3. The molecule has 0 N–H and O–H groups in total. The van der Waals surface area contributed by atoms with Crippen LogP contribution in [-0.2, 0) is 19.8 Å². The molecule has 5 rings (SSSR count). The molecule has 2 aromatic carbocycles. The topological polar surface area (TPSA) is 100 Å². The highest BCUT2D eigenvalue weighted by Crippen LogP contribution is 2.30. The number of fused-ring (bicyclic) bond motifs is 1. The van der Waals surface area contributed by atoms with Gasteiger partial charge in [-0.05, 0) is 57.2 Å². The van der Waals surface area contributed by atoms with Gasteiger partial charge in [0.2, 0.25) is 5.88 Å². The molecule has 10 nitrogen and oxygen atoms in total. The molecule has 0 radical (unpaired) electrons. The van der Waals surface area contributed by atoms with E-state index in [1.165, 1.54) is 11.1 Å². The number of rotatable bonds is 12. The smallest absolute Gasteiger partial charge is 0.368 e. The summed E-state index contributed by atoms with van der Waals surface area (Å²) in [6, 6.07) is 24.2. The van der Waals surface area contributed by atoms with E-state index in [1.807, 2.05) is 12.1 Å². The van der Waals surface area contributed by atoms with Gasteiger partial charge in [-0.3, -0.25) is 0 Å². The number of carbonyl (C=O) groups is 1. The van der Waals surface area contributed by atoms with E-state index in [0.717, 1.165) is 48.1 Å². The van der Waals surface area contributed by atoms with Gasteiger partial charge in [-0.15, -0.1) is 10.2 Å². The molecule has 1 aliphatic rings. The lowest BCUT2D eigenvalue weighted by Gasteiger charge is -2.34. The minimum Gasteiger partial charge on any atom is -0.477 e. The maximum absolute atomic E-state index is 12.9. The zero-order valence-corrected chi connectivity index (χ0v) is 24.5. The highest BCUT2D eigenvalue weighted by Gasteiger charge is 2.35. The Balaban J connectivity index is 1.10. The summed E-state index contributed by atoms with van der Waals surface area (Å²) in [4.78, 5) is 27.7. The predicted octanol–water partition coefficient (Wildman–Crippen LogP) is 4.23. The third kappa shape index (κ3) is 6.71. The Morgan fingerprint density at radius 2 is 1.60 bits per heavy atom. The van der Waals surface area contributed by atoms with Crippen molar-refractivity contribution >= 4 is 11.6 Å². The minimum absolute atomic E-state index is 0.0713. The van der Waals surface area contributed by atoms with Gasteiger partial charge in [0.1, 0.15) is 6.10 Å². The second-order valence-electron chi connectivity index (χ2n) is 11.0. The number of likely N-dealkylation sites (tertiary alicyclic amines) is 1. The standard InChI is InChI=1S/C32H39N5O5/c1-4-40-30(38)32(2,3)37-31(39)36-27(33-37)16-17-28(34-36)41-23-11-20-35-21-18-26(19-22-35)42-29(24-12-7-5-8-13-24)25-14-9-6-10-15-25/h5-10,12-17,26,29H,4,11,18-23H2,1-3H3. The Hall–Kier alpha value is -4.02. The molecule has 3 heterocycles. The van der Waals surface area contributed by atoms with E-state index in [-0.39, 0.29) is 18.8 Å². The third-order valence-corrected chi connectivity index (χ3v) is 7.60. The molecule has 0 spiro atoms. The summed E-state index contributed by atoms with van der Waals surface area (Å²) in [5.74, 6) is -0.201. The largest absolute Gasteiger partial charge is 0.477 e. The van der Waals surface area contributed by atoms with Gasteiger partial charge in [-0.25, -0.2) is 9.59 Å². The van der Waals surface area contributed by atoms with Gasteiger partial charge in [-0.2, -0.15) is 9.20 Å². The summed E-state index contributed by atoms with van der Waals surface area (Å²) in [6.45, 7) is 8.43. The first kappa shape index (κ1) is 29.5. The average Bonchev–Trinajstić information content (AvgIpc) is 3.36. The number of benzene rings is 2. The third-order valence-electron chi connectivity index (χ3n) is 7.60. The summed E-state index contributed by atoms with van der Waals surface area (Å²) >= 11 is 0. The highest BCUT2D eigenvalue weighted by molar-refractivity contribution is 5.77. The number of carbonyl (C=O) groups excluding carboxylic acids is 1. The zero-order valence-electron chi connectivity index (χ0n) is 24.5. The first-order chi connectivity index (χ1) is 20.4. The number of aromatic nitrogens is 4. The summed E-state index contributed by atoms with van der Waals surface area (Å²) in [7, 11) is 0. The SMILES string of the molecule is CCOC(=O)C(C)(C)n1nc2ccc(OCCCN3CCC(OC(c4ccccc4)c4ccccc4)CC3)nn2c1=O. The quantitative estimate of drug-likeness (QED) is 0.183. The van der Waals surface area contributed by atoms with Crippen LogP contribution in [0.15, 0.2) is 77.6 Å². The van der Waals surface area contributed by atoms with Crippen LogP contribution in [0.3, 0.4) is 0 Å². The van der Waals surface area contributed by atoms with E-state index >= 15 is 0 Å². The van der Waals surface area contributed by atoms with Crippen molar-refractivity contribution in [2.24, 2.45) is 0 Å². The van der Waals surface area contributed by atoms with Crippen molar-refractivity contribution in [3.8, 4) is 5.88 Å². The molecule has 0 bridgehead atoms. The zero-order chi connectivity index (χ0) is 29.5. The van der Waals surface area contributed by atoms with Crippen LogP contribution < -0.4 is 10.4 Å². The van der Waals surface area contributed by atoms with Gasteiger partial charge in [0.05, 0.1) is 19.3 Å². The maximum Gasteiger partial charge on any atom is 0.368 e. The van der Waals surface area contributed by atoms with E-state index in [9.17, 15) is 9.59 Å². The molecular weight excluding hydrogens is 534 g/mol. The lowest BCUT2D eigenvalue weighted by molar-refractivity contribution is -0.152. The number of hydrogen-bond donors (Lipinski definition) is 0. The van der Waals surface area contributed by atoms with E-state index in [2.05, 4.69) is 63.6 Å². The van der Waals surface area contributed by atoms with Gasteiger partial charge in [0.15, 0.2) is 11.2 Å². The Labute approximate surface area is 245 Å². The highest BCUT2D eigenvalue weighted by atomic mass is 16.5. The molecule has 0 aliphatic carbocycles. The Bertz CT molecular complexity index is 1470. The summed E-state index contributed by atoms with van der Waals surface area (Å²) < 4.78 is 19.9. The number of hydrogen-bond acceptors (Lipinski definition) is 8. The van der Waals surface area contributed by atoms with Crippen molar-refractivity contribution in [3.63, 3.8) is 0 Å². The van der Waals surface area contributed by atoms with Crippen LogP contribution in [0.5, 0.6) is 5.88 Å². The Morgan fingerprint density at radius 1 is 0.952 bits per heavy atom. The van der Waals surface area contributed by atoms with Gasteiger partial charge in [-0.1, -0.05) is 60.7 Å². The molecule has 1 aliphatic heterocycles. The molecule has 222 valence electrons. The van der Waals surface area contributed by atoms with Crippen molar-refractivity contribution in [1.82, 2.24) is 24.3 Å². The molecule has 4 aromatic rings. The monoisotopic (exact) mass is 573 g/mol. The minimum atomic E-state index is -1.26. The van der Waals surface area contributed by atoms with E-state index < -0.39 is 17.2 Å². The van der Waals surface area contributed by atoms with Gasteiger partial charge in [0.25, 0.3) is 0 Å². The van der Waals surface area contributed by atoms with E-state index in [4.69, 9.17) is 14.2 Å². The van der Waals surface area contributed by atoms with Crippen LogP contribution in [-0.4, -0.2) is 69.2 Å². The number of nitrogens with zero attached hydrogens (tertiary/aromatic N) is 5. The molecule has 1 fully saturated rings. The lowest BCUT2D eigenvalue weighted by Crippen LogP contribution is -2.44. The van der Waals surface area contributed by atoms with Crippen molar-refractivity contribution in [2.75, 3.05) is 32.8 Å². The first-order valence-electron chi connectivity index (χ1n) is 14.6. The van der Waals surface area contributed by atoms with Crippen LogP contribution in [0.1, 0.15) is 57.3 Å². The summed E-state index contributed by atoms with van der Waals surface area (Å²) in [5, 5.41) is 8.58. The summed E-state index contributed by atoms with van der Waals surface area (Å²) in [6.07, 6.45) is 2.91. The van der Waals surface area contributed by atoms with Crippen molar-refractivity contribution < 1.29 is 19.0 Å². The van der Waals surface area contributed by atoms with Gasteiger partial charge < -0.3 is 19.1 Å². The van der Waals surface area contributed by atoms with Gasteiger partial charge >= 0.3 is 11.7 Å². The fourth-order valence-electron chi connectivity index (χ4n) is 5.22. The normalized spacial score (nSPS) is 14.9. The molecule has 42 heavy (non-hydrogen) atoms. The van der Waals surface area contributed by atoms with Crippen LogP contribution in [0, 0.1) is 0 Å². The summed E-state index contributed by atoms with van der Waals surface area (Å²) in [5.41, 5.74) is 0.890. The van der Waals surface area contributed by atoms with Gasteiger partial charge in [0, 0.05) is 25.7 Å². The van der Waals surface area contributed by atoms with Crippen LogP contribution in [0.4, 0.5) is 0 Å². The number of piperidine rings is 1. The number of ether oxygens (including phenoxy) is 3. The van der Waals surface area contributed by atoms with Crippen LogP contribution in [0.25, 0.3) is 5.65 Å². The lowest BCUT2D eigenvalue weighted by atomic mass is 10.00. The molecule has 2 aromatic heterocycles. The average molecular weight is 574 g/mol. The molecule has 1 saturated heterocycles. The second-order valence-corrected chi connectivity index (χ2v) is 11.0. The van der Waals surface area contributed by atoms with Crippen molar-refractivity contribution in [3.05, 3.63) is 94.4 Å². The van der Waals surface area contributed by atoms with Crippen molar-refractivity contribution in [1.29, 1.82) is 0 Å². The van der Waals surface area contributed by atoms with E-state index in [0.29, 0.717) is 18.1 Å². The molecule has 10 heteroatoms. The molecule has 0 amide bonds. The first-order valence-corrected chi connectivity index (χ1v) is 14.6. The van der Waals surface area contributed by atoms with E-state index in [1.54, 1.807) is 32.9 Å². The molecule has 0 atom stereocenters. The molecule has 0 saturated carbocycles. The van der Waals surface area contributed by atoms with Crippen molar-refractivity contribution in [2.45, 2.75) is 57.8 Å². The maximum atomic E-state index is 12.9. The molecule has 0 unspecified atom stereocenters. The number of esters is 1. The Kier molecular flexibility index (Phi) is 9.34. The Morgan fingerprint density at radius 3 is 2.21 bits per heavy atom. The fraction of sp³-hybridized carbons (Fsp3) is 0.438. The predicted molar refractivity (Wildman–Crippen MR) is 159 cm³/mol. The molecular formula is C32H39N5O5. The van der Waals surface area contributed by atoms with Crippen LogP contribution >= 0.6 is 0 Å².